The number of para-hydroxylation sites is 1. The number of carbonyl (C=O) groups excluding carboxylic acids is 1. The van der Waals surface area contributed by atoms with Crippen molar-refractivity contribution < 1.29 is 4.79 Å². The Balaban J connectivity index is 1.76. The number of amides is 1. The van der Waals surface area contributed by atoms with Crippen LogP contribution in [-0.4, -0.2) is 22.8 Å². The minimum atomic E-state index is -0.244. The molecule has 3 aromatic rings. The van der Waals surface area contributed by atoms with Crippen LogP contribution in [0.4, 0.5) is 0 Å². The van der Waals surface area contributed by atoms with E-state index in [2.05, 4.69) is 11.1 Å². The van der Waals surface area contributed by atoms with Gasteiger partial charge in [-0.1, -0.05) is 30.3 Å². The molecule has 25 heavy (non-hydrogen) atoms. The van der Waals surface area contributed by atoms with Crippen molar-refractivity contribution in [2.75, 3.05) is 7.05 Å². The monoisotopic (exact) mass is 331 g/mol. The molecule has 2 aromatic carbocycles. The smallest absolute Gasteiger partial charge is 0.252 e. The zero-order valence-electron chi connectivity index (χ0n) is 13.8. The Kier molecular flexibility index (Phi) is 4.62. The lowest BCUT2D eigenvalue weighted by molar-refractivity contribution is -0.129. The normalized spacial score (nSPS) is 10.4. The first-order valence-corrected chi connectivity index (χ1v) is 7.91. The highest BCUT2D eigenvalue weighted by Crippen LogP contribution is 2.12. The third kappa shape index (κ3) is 3.75. The molecule has 0 atom stereocenters. The van der Waals surface area contributed by atoms with Gasteiger partial charge in [-0.25, -0.2) is 0 Å². The molecule has 0 spiro atoms. The van der Waals surface area contributed by atoms with Crippen molar-refractivity contribution in [2.24, 2.45) is 0 Å². The number of nitrogens with zero attached hydrogens (tertiary/aromatic N) is 2. The number of nitriles is 1. The van der Waals surface area contributed by atoms with E-state index < -0.39 is 0 Å². The van der Waals surface area contributed by atoms with Crippen LogP contribution < -0.4 is 5.56 Å². The van der Waals surface area contributed by atoms with Crippen LogP contribution in [0.25, 0.3) is 10.9 Å². The molecule has 0 aliphatic heterocycles. The summed E-state index contributed by atoms with van der Waals surface area (Å²) in [6.45, 7) is 0.389. The molecule has 0 unspecified atom stereocenters. The highest BCUT2D eigenvalue weighted by Gasteiger charge is 2.13. The minimum absolute atomic E-state index is 0.0363. The summed E-state index contributed by atoms with van der Waals surface area (Å²) in [6.07, 6.45) is 0.0363. The van der Waals surface area contributed by atoms with Crippen molar-refractivity contribution in [1.82, 2.24) is 9.88 Å². The minimum Gasteiger partial charge on any atom is -0.341 e. The number of rotatable bonds is 4. The Morgan fingerprint density at radius 1 is 1.16 bits per heavy atom. The summed E-state index contributed by atoms with van der Waals surface area (Å²) in [4.78, 5) is 29.0. The summed E-state index contributed by atoms with van der Waals surface area (Å²) in [5.41, 5.74) is 2.39. The fourth-order valence-electron chi connectivity index (χ4n) is 2.72. The van der Waals surface area contributed by atoms with Gasteiger partial charge in [0.1, 0.15) is 0 Å². The number of fused-ring (bicyclic) bond motifs is 1. The van der Waals surface area contributed by atoms with E-state index in [0.717, 1.165) is 16.5 Å². The van der Waals surface area contributed by atoms with Crippen molar-refractivity contribution in [3.8, 4) is 6.07 Å². The molecule has 0 saturated carbocycles. The van der Waals surface area contributed by atoms with Crippen molar-refractivity contribution in [1.29, 1.82) is 5.26 Å². The van der Waals surface area contributed by atoms with Gasteiger partial charge in [0.25, 0.3) is 5.56 Å². The molecule has 1 amide bonds. The van der Waals surface area contributed by atoms with E-state index in [1.54, 1.807) is 36.2 Å². The number of nitrogens with one attached hydrogen (secondary N) is 1. The molecular weight excluding hydrogens is 314 g/mol. The Morgan fingerprint density at radius 3 is 2.76 bits per heavy atom. The lowest BCUT2D eigenvalue weighted by Gasteiger charge is -2.17. The van der Waals surface area contributed by atoms with Gasteiger partial charge < -0.3 is 9.88 Å². The zero-order chi connectivity index (χ0) is 17.8. The fraction of sp³-hybridized carbons (Fsp3) is 0.150. The third-order valence-electron chi connectivity index (χ3n) is 4.07. The van der Waals surface area contributed by atoms with Crippen LogP contribution in [0.5, 0.6) is 0 Å². The highest BCUT2D eigenvalue weighted by molar-refractivity contribution is 5.82. The number of carbonyl (C=O) groups is 1. The number of pyridine rings is 1. The number of H-pyrrole nitrogens is 1. The predicted octanol–water partition coefficient (Wildman–Crippen LogP) is 2.60. The predicted molar refractivity (Wildman–Crippen MR) is 95.9 cm³/mol. The summed E-state index contributed by atoms with van der Waals surface area (Å²) >= 11 is 0. The second kappa shape index (κ2) is 7.02. The van der Waals surface area contributed by atoms with Crippen molar-refractivity contribution >= 4 is 16.8 Å². The zero-order valence-corrected chi connectivity index (χ0v) is 13.8. The molecule has 0 bridgehead atoms. The van der Waals surface area contributed by atoms with E-state index in [9.17, 15) is 9.59 Å². The molecule has 5 nitrogen and oxygen atoms in total. The number of aromatic amines is 1. The first-order chi connectivity index (χ1) is 12.1. The van der Waals surface area contributed by atoms with Gasteiger partial charge in [0.05, 0.1) is 18.1 Å². The van der Waals surface area contributed by atoms with Crippen LogP contribution in [0.1, 0.15) is 16.7 Å². The van der Waals surface area contributed by atoms with Gasteiger partial charge in [0.2, 0.25) is 5.91 Å². The average molecular weight is 331 g/mol. The Morgan fingerprint density at radius 2 is 1.96 bits per heavy atom. The topological polar surface area (TPSA) is 77.0 Å². The van der Waals surface area contributed by atoms with E-state index in [1.807, 2.05) is 30.3 Å². The molecule has 0 fully saturated rings. The van der Waals surface area contributed by atoms with Gasteiger partial charge in [-0.05, 0) is 35.2 Å². The van der Waals surface area contributed by atoms with Gasteiger partial charge >= 0.3 is 0 Å². The Bertz CT molecular complexity index is 1030. The number of likely N-dealkylation sites (N-methyl/N-ethyl adjacent to an activating group) is 1. The van der Waals surface area contributed by atoms with Crippen LogP contribution >= 0.6 is 0 Å². The van der Waals surface area contributed by atoms with Gasteiger partial charge in [-0.15, -0.1) is 0 Å². The SMILES string of the molecule is CN(Cc1cccc(C#N)c1)C(=O)Cc1cc2ccccc2[nH]c1=O. The lowest BCUT2D eigenvalue weighted by Crippen LogP contribution is -2.29. The average Bonchev–Trinajstić information content (AvgIpc) is 2.62. The molecule has 0 aliphatic carbocycles. The number of aromatic nitrogens is 1. The van der Waals surface area contributed by atoms with E-state index in [-0.39, 0.29) is 17.9 Å². The molecule has 124 valence electrons. The molecule has 0 saturated heterocycles. The molecule has 0 radical (unpaired) electrons. The standard InChI is InChI=1S/C20H17N3O2/c1-23(13-15-6-4-5-14(9-15)12-21)19(24)11-17-10-16-7-2-3-8-18(16)22-20(17)25/h2-10H,11,13H2,1H3,(H,22,25). The summed E-state index contributed by atoms with van der Waals surface area (Å²) in [5, 5.41) is 9.85. The third-order valence-corrected chi connectivity index (χ3v) is 4.07. The highest BCUT2D eigenvalue weighted by atomic mass is 16.2. The summed E-state index contributed by atoms with van der Waals surface area (Å²) in [6, 6.07) is 18.5. The quantitative estimate of drug-likeness (QED) is 0.798. The maximum Gasteiger partial charge on any atom is 0.252 e. The summed E-state index contributed by atoms with van der Waals surface area (Å²) in [7, 11) is 1.69. The maximum atomic E-state index is 12.5. The molecule has 1 heterocycles. The first kappa shape index (κ1) is 16.5. The van der Waals surface area contributed by atoms with Gasteiger partial charge in [-0.2, -0.15) is 5.26 Å². The van der Waals surface area contributed by atoms with Crippen molar-refractivity contribution in [2.45, 2.75) is 13.0 Å². The number of benzene rings is 2. The maximum absolute atomic E-state index is 12.5. The van der Waals surface area contributed by atoms with Gasteiger partial charge in [0.15, 0.2) is 0 Å². The molecule has 5 heteroatoms. The van der Waals surface area contributed by atoms with Gasteiger partial charge in [0, 0.05) is 24.7 Å². The summed E-state index contributed by atoms with van der Waals surface area (Å²) < 4.78 is 0. The lowest BCUT2D eigenvalue weighted by atomic mass is 10.1. The van der Waals surface area contributed by atoms with Crippen LogP contribution in [0.15, 0.2) is 59.4 Å². The molecular formula is C20H17N3O2. The van der Waals surface area contributed by atoms with Crippen LogP contribution in [-0.2, 0) is 17.8 Å². The van der Waals surface area contributed by atoms with Crippen LogP contribution in [0.3, 0.4) is 0 Å². The summed E-state index contributed by atoms with van der Waals surface area (Å²) in [5.74, 6) is -0.150. The van der Waals surface area contributed by atoms with E-state index in [4.69, 9.17) is 5.26 Å². The molecule has 1 aromatic heterocycles. The van der Waals surface area contributed by atoms with E-state index in [0.29, 0.717) is 17.7 Å². The number of hydrogen-bond donors (Lipinski definition) is 1. The van der Waals surface area contributed by atoms with E-state index >= 15 is 0 Å². The van der Waals surface area contributed by atoms with Gasteiger partial charge in [-0.3, -0.25) is 9.59 Å². The Labute approximate surface area is 145 Å². The second-order valence-electron chi connectivity index (χ2n) is 5.95. The van der Waals surface area contributed by atoms with Crippen LogP contribution in [0, 0.1) is 11.3 Å². The largest absolute Gasteiger partial charge is 0.341 e. The van der Waals surface area contributed by atoms with Crippen LogP contribution in [0.2, 0.25) is 0 Å². The molecule has 1 N–H and O–H groups in total. The number of hydrogen-bond acceptors (Lipinski definition) is 3. The van der Waals surface area contributed by atoms with Crippen molar-refractivity contribution in [3.05, 3.63) is 81.6 Å². The molecule has 3 rings (SSSR count). The first-order valence-electron chi connectivity index (χ1n) is 7.91. The van der Waals surface area contributed by atoms with E-state index in [1.165, 1.54) is 0 Å². The second-order valence-corrected chi connectivity index (χ2v) is 5.95. The molecule has 0 aliphatic rings. The van der Waals surface area contributed by atoms with Crippen molar-refractivity contribution in [3.63, 3.8) is 0 Å². The Hall–Kier alpha value is -3.39. The fourth-order valence-corrected chi connectivity index (χ4v) is 2.72.